The number of oxazole rings is 1. The van der Waals surface area contributed by atoms with Gasteiger partial charge in [0.15, 0.2) is 0 Å². The summed E-state index contributed by atoms with van der Waals surface area (Å²) in [5.41, 5.74) is 4.42. The van der Waals surface area contributed by atoms with E-state index in [1.54, 1.807) is 25.1 Å². The van der Waals surface area contributed by atoms with E-state index >= 15 is 0 Å². The van der Waals surface area contributed by atoms with Gasteiger partial charge in [-0.2, -0.15) is 0 Å². The van der Waals surface area contributed by atoms with E-state index in [1.165, 1.54) is 16.0 Å². The number of thioether (sulfide) groups is 1. The van der Waals surface area contributed by atoms with E-state index < -0.39 is 0 Å². The maximum absolute atomic E-state index is 5.65. The zero-order valence-electron chi connectivity index (χ0n) is 13.5. The second-order valence-corrected chi connectivity index (χ2v) is 6.48. The topological polar surface area (TPSA) is 35.3 Å². The Morgan fingerprint density at radius 3 is 2.57 bits per heavy atom. The Kier molecular flexibility index (Phi) is 4.72. The number of hydrogen-bond acceptors (Lipinski definition) is 4. The summed E-state index contributed by atoms with van der Waals surface area (Å²) >= 11 is 1.73. The van der Waals surface area contributed by atoms with Gasteiger partial charge in [0.25, 0.3) is 0 Å². The molecule has 1 aromatic heterocycles. The molecule has 0 spiro atoms. The van der Waals surface area contributed by atoms with E-state index in [-0.39, 0.29) is 0 Å². The minimum absolute atomic E-state index is 0.688. The van der Waals surface area contributed by atoms with Crippen LogP contribution >= 0.6 is 11.8 Å². The Morgan fingerprint density at radius 1 is 1.09 bits per heavy atom. The van der Waals surface area contributed by atoms with Crippen LogP contribution in [0.5, 0.6) is 5.75 Å². The molecular formula is C19H19NO2S. The summed E-state index contributed by atoms with van der Waals surface area (Å²) in [5.74, 6) is 2.33. The summed E-state index contributed by atoms with van der Waals surface area (Å²) in [6, 6.07) is 14.3. The number of aromatic nitrogens is 1. The highest BCUT2D eigenvalue weighted by Crippen LogP contribution is 2.27. The number of hydrogen-bond donors (Lipinski definition) is 0. The first-order valence-electron chi connectivity index (χ1n) is 7.44. The van der Waals surface area contributed by atoms with Crippen molar-refractivity contribution in [1.29, 1.82) is 0 Å². The lowest BCUT2D eigenvalue weighted by molar-refractivity contribution is 0.414. The van der Waals surface area contributed by atoms with Crippen molar-refractivity contribution < 1.29 is 9.15 Å². The van der Waals surface area contributed by atoms with Crippen LogP contribution in [0.25, 0.3) is 11.5 Å². The van der Waals surface area contributed by atoms with Gasteiger partial charge in [-0.3, -0.25) is 0 Å². The molecule has 0 saturated heterocycles. The van der Waals surface area contributed by atoms with Gasteiger partial charge in [0, 0.05) is 16.2 Å². The normalized spacial score (nSPS) is 10.7. The molecule has 3 aromatic rings. The molecule has 0 fully saturated rings. The van der Waals surface area contributed by atoms with Gasteiger partial charge in [0.1, 0.15) is 12.0 Å². The molecule has 0 radical (unpaired) electrons. The zero-order chi connectivity index (χ0) is 16.2. The van der Waals surface area contributed by atoms with E-state index in [0.29, 0.717) is 5.89 Å². The quantitative estimate of drug-likeness (QED) is 0.599. The molecule has 0 bridgehead atoms. The van der Waals surface area contributed by atoms with Crippen LogP contribution in [0.2, 0.25) is 0 Å². The predicted octanol–water partition coefficient (Wildman–Crippen LogP) is 5.26. The van der Waals surface area contributed by atoms with Crippen molar-refractivity contribution in [2.45, 2.75) is 24.5 Å². The van der Waals surface area contributed by atoms with Crippen LogP contribution in [0.15, 0.2) is 58.0 Å². The summed E-state index contributed by atoms with van der Waals surface area (Å²) in [4.78, 5) is 5.79. The molecule has 4 heteroatoms. The Labute approximate surface area is 140 Å². The fourth-order valence-electron chi connectivity index (χ4n) is 2.38. The first-order chi connectivity index (χ1) is 11.2. The smallest absolute Gasteiger partial charge is 0.226 e. The average molecular weight is 325 g/mol. The monoisotopic (exact) mass is 325 g/mol. The maximum Gasteiger partial charge on any atom is 0.226 e. The molecule has 0 aliphatic rings. The third kappa shape index (κ3) is 3.77. The highest BCUT2D eigenvalue weighted by Gasteiger charge is 2.10. The van der Waals surface area contributed by atoms with Crippen molar-refractivity contribution in [1.82, 2.24) is 4.98 Å². The van der Waals surface area contributed by atoms with Crippen LogP contribution in [-0.4, -0.2) is 12.1 Å². The molecule has 118 valence electrons. The molecule has 1 heterocycles. The number of methoxy groups -OCH3 is 1. The molecular weight excluding hydrogens is 306 g/mol. The highest BCUT2D eigenvalue weighted by molar-refractivity contribution is 7.98. The summed E-state index contributed by atoms with van der Waals surface area (Å²) in [7, 11) is 1.67. The third-order valence-electron chi connectivity index (χ3n) is 3.61. The second kappa shape index (κ2) is 6.92. The van der Waals surface area contributed by atoms with Crippen molar-refractivity contribution in [3.63, 3.8) is 0 Å². The van der Waals surface area contributed by atoms with Gasteiger partial charge < -0.3 is 9.15 Å². The third-order valence-corrected chi connectivity index (χ3v) is 4.66. The maximum atomic E-state index is 5.65. The molecule has 23 heavy (non-hydrogen) atoms. The Morgan fingerprint density at radius 2 is 1.87 bits per heavy atom. The minimum atomic E-state index is 0.688. The lowest BCUT2D eigenvalue weighted by atomic mass is 10.1. The molecule has 0 saturated carbocycles. The summed E-state index contributed by atoms with van der Waals surface area (Å²) in [6.07, 6.45) is 1.74. The van der Waals surface area contributed by atoms with Crippen LogP contribution < -0.4 is 4.74 Å². The van der Waals surface area contributed by atoms with Crippen molar-refractivity contribution in [2.24, 2.45) is 0 Å². The van der Waals surface area contributed by atoms with Crippen LogP contribution in [0.1, 0.15) is 16.8 Å². The molecule has 0 atom stereocenters. The molecule has 0 amide bonds. The number of nitrogens with zero attached hydrogens (tertiary/aromatic N) is 1. The van der Waals surface area contributed by atoms with Crippen molar-refractivity contribution >= 4 is 11.8 Å². The van der Waals surface area contributed by atoms with E-state index in [1.807, 2.05) is 12.1 Å². The SMILES string of the molecule is COc1ccc(SCc2coc(-c3ccc(C)cc3C)n2)cc1. The summed E-state index contributed by atoms with van der Waals surface area (Å²) in [5, 5.41) is 0. The molecule has 0 aliphatic carbocycles. The first-order valence-corrected chi connectivity index (χ1v) is 8.43. The van der Waals surface area contributed by atoms with Crippen LogP contribution in [-0.2, 0) is 5.75 Å². The van der Waals surface area contributed by atoms with Crippen LogP contribution in [0.4, 0.5) is 0 Å². The first kappa shape index (κ1) is 15.7. The van der Waals surface area contributed by atoms with Gasteiger partial charge in [0.2, 0.25) is 5.89 Å². The molecule has 2 aromatic carbocycles. The lowest BCUT2D eigenvalue weighted by Crippen LogP contribution is -1.86. The van der Waals surface area contributed by atoms with Crippen molar-refractivity contribution in [2.75, 3.05) is 7.11 Å². The minimum Gasteiger partial charge on any atom is -0.497 e. The van der Waals surface area contributed by atoms with Gasteiger partial charge in [-0.1, -0.05) is 17.7 Å². The van der Waals surface area contributed by atoms with E-state index in [4.69, 9.17) is 9.15 Å². The molecule has 0 aliphatic heterocycles. The Bertz CT molecular complexity index is 793. The van der Waals surface area contributed by atoms with Gasteiger partial charge in [-0.05, 0) is 49.7 Å². The lowest BCUT2D eigenvalue weighted by Gasteiger charge is -2.02. The highest BCUT2D eigenvalue weighted by atomic mass is 32.2. The number of benzene rings is 2. The van der Waals surface area contributed by atoms with E-state index in [2.05, 4.69) is 49.2 Å². The number of aryl methyl sites for hydroxylation is 2. The second-order valence-electron chi connectivity index (χ2n) is 5.43. The summed E-state index contributed by atoms with van der Waals surface area (Å²) in [6.45, 7) is 4.17. The van der Waals surface area contributed by atoms with E-state index in [9.17, 15) is 0 Å². The molecule has 0 unspecified atom stereocenters. The number of rotatable bonds is 5. The van der Waals surface area contributed by atoms with Crippen LogP contribution in [0, 0.1) is 13.8 Å². The molecule has 3 rings (SSSR count). The number of ether oxygens (including phenoxy) is 1. The van der Waals surface area contributed by atoms with Gasteiger partial charge in [-0.25, -0.2) is 4.98 Å². The largest absolute Gasteiger partial charge is 0.497 e. The van der Waals surface area contributed by atoms with Crippen molar-refractivity contribution in [3.8, 4) is 17.2 Å². The molecule has 0 N–H and O–H groups in total. The standard InChI is InChI=1S/C19H19NO2S/c1-13-4-9-18(14(2)10-13)19-20-15(11-22-19)12-23-17-7-5-16(21-3)6-8-17/h4-11H,12H2,1-3H3. The predicted molar refractivity (Wildman–Crippen MR) is 94.0 cm³/mol. The molecule has 3 nitrogen and oxygen atoms in total. The Hall–Kier alpha value is -2.20. The van der Waals surface area contributed by atoms with Gasteiger partial charge in [0.05, 0.1) is 12.8 Å². The van der Waals surface area contributed by atoms with Gasteiger partial charge in [-0.15, -0.1) is 11.8 Å². The summed E-state index contributed by atoms with van der Waals surface area (Å²) < 4.78 is 10.8. The Balaban J connectivity index is 1.69. The fraction of sp³-hybridized carbons (Fsp3) is 0.211. The van der Waals surface area contributed by atoms with E-state index in [0.717, 1.165) is 22.8 Å². The van der Waals surface area contributed by atoms with Gasteiger partial charge >= 0.3 is 0 Å². The van der Waals surface area contributed by atoms with Crippen LogP contribution in [0.3, 0.4) is 0 Å². The average Bonchev–Trinajstić information content (AvgIpc) is 3.02. The fourth-order valence-corrected chi connectivity index (χ4v) is 3.16. The van der Waals surface area contributed by atoms with Crippen molar-refractivity contribution in [3.05, 3.63) is 65.5 Å². The zero-order valence-corrected chi connectivity index (χ0v) is 14.3.